The summed E-state index contributed by atoms with van der Waals surface area (Å²) in [5.41, 5.74) is 1.41. The van der Waals surface area contributed by atoms with Gasteiger partial charge in [0.15, 0.2) is 0 Å². The molecule has 1 fully saturated rings. The molecule has 0 unspecified atom stereocenters. The van der Waals surface area contributed by atoms with E-state index in [0.717, 1.165) is 38.6 Å². The van der Waals surface area contributed by atoms with Crippen LogP contribution in [0.5, 0.6) is 0 Å². The molecule has 1 aliphatic rings. The van der Waals surface area contributed by atoms with E-state index in [1.807, 2.05) is 11.8 Å². The SMILES string of the molecule is CCOC(=O)N1CCN(CC[C@H](C)CCC=C(C)C)CC1. The first-order chi connectivity index (χ1) is 10.0. The summed E-state index contributed by atoms with van der Waals surface area (Å²) in [6, 6.07) is 0. The Labute approximate surface area is 130 Å². The Morgan fingerprint density at radius 2 is 1.86 bits per heavy atom. The number of nitrogens with zero attached hydrogens (tertiary/aromatic N) is 2. The summed E-state index contributed by atoms with van der Waals surface area (Å²) in [6.45, 7) is 13.7. The fraction of sp³-hybridized carbons (Fsp3) is 0.824. The van der Waals surface area contributed by atoms with Crippen molar-refractivity contribution in [1.82, 2.24) is 9.80 Å². The molecule has 4 nitrogen and oxygen atoms in total. The molecule has 1 rings (SSSR count). The molecular formula is C17H32N2O2. The molecule has 4 heteroatoms. The average Bonchev–Trinajstić information content (AvgIpc) is 2.45. The van der Waals surface area contributed by atoms with Gasteiger partial charge in [-0.15, -0.1) is 0 Å². The van der Waals surface area contributed by atoms with Gasteiger partial charge in [-0.05, 0) is 52.5 Å². The van der Waals surface area contributed by atoms with Crippen LogP contribution in [0.3, 0.4) is 0 Å². The highest BCUT2D eigenvalue weighted by Gasteiger charge is 2.21. The Kier molecular flexibility index (Phi) is 8.43. The number of carbonyl (C=O) groups excluding carboxylic acids is 1. The minimum atomic E-state index is -0.160. The summed E-state index contributed by atoms with van der Waals surface area (Å²) in [6.07, 6.45) is 5.88. The number of piperazine rings is 1. The largest absolute Gasteiger partial charge is 0.450 e. The minimum absolute atomic E-state index is 0.160. The quantitative estimate of drug-likeness (QED) is 0.674. The summed E-state index contributed by atoms with van der Waals surface area (Å²) in [5.74, 6) is 0.767. The van der Waals surface area contributed by atoms with Crippen molar-refractivity contribution in [3.8, 4) is 0 Å². The van der Waals surface area contributed by atoms with E-state index in [0.29, 0.717) is 6.61 Å². The van der Waals surface area contributed by atoms with Gasteiger partial charge in [0.2, 0.25) is 0 Å². The third-order valence-electron chi connectivity index (χ3n) is 4.05. The number of hydrogen-bond donors (Lipinski definition) is 0. The van der Waals surface area contributed by atoms with Crippen LogP contribution >= 0.6 is 0 Å². The number of ether oxygens (including phenoxy) is 1. The summed E-state index contributed by atoms with van der Waals surface area (Å²) in [5, 5.41) is 0. The summed E-state index contributed by atoms with van der Waals surface area (Å²) in [7, 11) is 0. The first-order valence-electron chi connectivity index (χ1n) is 8.30. The molecule has 0 aromatic heterocycles. The third kappa shape index (κ3) is 7.51. The second-order valence-electron chi connectivity index (χ2n) is 6.28. The van der Waals surface area contributed by atoms with Crippen molar-refractivity contribution in [1.29, 1.82) is 0 Å². The lowest BCUT2D eigenvalue weighted by molar-refractivity contribution is 0.0782. The normalized spacial score (nSPS) is 17.4. The van der Waals surface area contributed by atoms with Gasteiger partial charge in [0, 0.05) is 26.2 Å². The van der Waals surface area contributed by atoms with Crippen LogP contribution in [0.2, 0.25) is 0 Å². The number of allylic oxidation sites excluding steroid dienone is 2. The van der Waals surface area contributed by atoms with Crippen LogP contribution in [0.15, 0.2) is 11.6 Å². The lowest BCUT2D eigenvalue weighted by atomic mass is 10.0. The second-order valence-corrected chi connectivity index (χ2v) is 6.28. The zero-order chi connectivity index (χ0) is 15.7. The smallest absolute Gasteiger partial charge is 0.409 e. The standard InChI is InChI=1S/C17H32N2O2/c1-5-21-17(20)19-13-11-18(12-14-19)10-9-16(4)8-6-7-15(2)3/h7,16H,5-6,8-14H2,1-4H3/t16-/m1/s1. The van der Waals surface area contributed by atoms with Gasteiger partial charge in [-0.1, -0.05) is 18.6 Å². The molecule has 0 saturated carbocycles. The molecule has 0 spiro atoms. The van der Waals surface area contributed by atoms with E-state index in [1.54, 1.807) is 0 Å². The van der Waals surface area contributed by atoms with Crippen LogP contribution in [0.25, 0.3) is 0 Å². The van der Waals surface area contributed by atoms with Gasteiger partial charge >= 0.3 is 6.09 Å². The van der Waals surface area contributed by atoms with Crippen molar-refractivity contribution in [3.63, 3.8) is 0 Å². The molecular weight excluding hydrogens is 264 g/mol. The fourth-order valence-corrected chi connectivity index (χ4v) is 2.57. The molecule has 0 aromatic carbocycles. The first kappa shape index (κ1) is 18.0. The van der Waals surface area contributed by atoms with Crippen molar-refractivity contribution in [3.05, 3.63) is 11.6 Å². The maximum absolute atomic E-state index is 11.6. The molecule has 0 N–H and O–H groups in total. The van der Waals surface area contributed by atoms with Gasteiger partial charge in [-0.25, -0.2) is 4.79 Å². The molecule has 1 heterocycles. The van der Waals surface area contributed by atoms with Crippen molar-refractivity contribution < 1.29 is 9.53 Å². The van der Waals surface area contributed by atoms with Crippen molar-refractivity contribution in [2.75, 3.05) is 39.3 Å². The fourth-order valence-electron chi connectivity index (χ4n) is 2.57. The van der Waals surface area contributed by atoms with Crippen molar-refractivity contribution in [2.24, 2.45) is 5.92 Å². The molecule has 0 radical (unpaired) electrons. The van der Waals surface area contributed by atoms with E-state index >= 15 is 0 Å². The van der Waals surface area contributed by atoms with Crippen molar-refractivity contribution in [2.45, 2.75) is 47.0 Å². The molecule has 1 aliphatic heterocycles. The number of carbonyl (C=O) groups is 1. The Bertz CT molecular complexity index is 330. The molecule has 0 bridgehead atoms. The van der Waals surface area contributed by atoms with Gasteiger partial charge in [0.25, 0.3) is 0 Å². The van der Waals surface area contributed by atoms with Gasteiger partial charge < -0.3 is 9.64 Å². The summed E-state index contributed by atoms with van der Waals surface area (Å²) < 4.78 is 5.04. The van der Waals surface area contributed by atoms with Crippen LogP contribution in [0.1, 0.15) is 47.0 Å². The number of hydrogen-bond acceptors (Lipinski definition) is 3. The van der Waals surface area contributed by atoms with Gasteiger partial charge in [-0.3, -0.25) is 4.90 Å². The lowest BCUT2D eigenvalue weighted by Crippen LogP contribution is -2.49. The van der Waals surface area contributed by atoms with E-state index in [1.165, 1.54) is 24.8 Å². The highest BCUT2D eigenvalue weighted by molar-refractivity contribution is 5.67. The molecule has 21 heavy (non-hydrogen) atoms. The molecule has 0 aromatic rings. The lowest BCUT2D eigenvalue weighted by Gasteiger charge is -2.34. The van der Waals surface area contributed by atoms with E-state index in [2.05, 4.69) is 31.7 Å². The van der Waals surface area contributed by atoms with Crippen LogP contribution in [0.4, 0.5) is 4.79 Å². The van der Waals surface area contributed by atoms with E-state index < -0.39 is 0 Å². The van der Waals surface area contributed by atoms with Gasteiger partial charge in [0.1, 0.15) is 0 Å². The Balaban J connectivity index is 2.15. The third-order valence-corrected chi connectivity index (χ3v) is 4.05. The summed E-state index contributed by atoms with van der Waals surface area (Å²) >= 11 is 0. The predicted molar refractivity (Wildman–Crippen MR) is 87.5 cm³/mol. The average molecular weight is 296 g/mol. The highest BCUT2D eigenvalue weighted by atomic mass is 16.6. The van der Waals surface area contributed by atoms with Crippen LogP contribution in [0, 0.1) is 5.92 Å². The molecule has 0 aliphatic carbocycles. The zero-order valence-electron chi connectivity index (χ0n) is 14.2. The van der Waals surface area contributed by atoms with Gasteiger partial charge in [0.05, 0.1) is 6.61 Å². The van der Waals surface area contributed by atoms with E-state index in [-0.39, 0.29) is 6.09 Å². The molecule has 122 valence electrons. The Hall–Kier alpha value is -1.03. The van der Waals surface area contributed by atoms with E-state index in [4.69, 9.17) is 4.74 Å². The highest BCUT2D eigenvalue weighted by Crippen LogP contribution is 2.13. The molecule has 1 amide bonds. The monoisotopic (exact) mass is 296 g/mol. The summed E-state index contributed by atoms with van der Waals surface area (Å²) in [4.78, 5) is 15.9. The minimum Gasteiger partial charge on any atom is -0.450 e. The van der Waals surface area contributed by atoms with Gasteiger partial charge in [-0.2, -0.15) is 0 Å². The number of rotatable bonds is 7. The van der Waals surface area contributed by atoms with Crippen LogP contribution in [-0.4, -0.2) is 55.2 Å². The van der Waals surface area contributed by atoms with Crippen molar-refractivity contribution >= 4 is 6.09 Å². The van der Waals surface area contributed by atoms with Crippen LogP contribution in [-0.2, 0) is 4.74 Å². The topological polar surface area (TPSA) is 32.8 Å². The maximum Gasteiger partial charge on any atom is 0.409 e. The zero-order valence-corrected chi connectivity index (χ0v) is 14.2. The predicted octanol–water partition coefficient (Wildman–Crippen LogP) is 3.53. The Morgan fingerprint density at radius 3 is 2.43 bits per heavy atom. The maximum atomic E-state index is 11.6. The van der Waals surface area contributed by atoms with E-state index in [9.17, 15) is 4.79 Å². The second kappa shape index (κ2) is 9.82. The first-order valence-corrected chi connectivity index (χ1v) is 8.30. The Morgan fingerprint density at radius 1 is 1.19 bits per heavy atom. The number of amides is 1. The molecule has 1 atom stereocenters. The molecule has 1 saturated heterocycles. The van der Waals surface area contributed by atoms with Crippen LogP contribution < -0.4 is 0 Å².